The van der Waals surface area contributed by atoms with Crippen LogP contribution in [0.15, 0.2) is 11.6 Å². The Morgan fingerprint density at radius 1 is 1.03 bits per heavy atom. The molecular formula is C31H51NO5. The number of aliphatic carboxylic acids is 1. The molecule has 0 heterocycles. The maximum atomic E-state index is 13.7. The average molecular weight is 518 g/mol. The maximum absolute atomic E-state index is 13.7. The van der Waals surface area contributed by atoms with Crippen molar-refractivity contribution in [3.8, 4) is 0 Å². The van der Waals surface area contributed by atoms with Crippen LogP contribution in [0.4, 0.5) is 0 Å². The number of carbonyl (C=O) groups excluding carboxylic acids is 2. The van der Waals surface area contributed by atoms with Gasteiger partial charge in [-0.05, 0) is 85.0 Å². The number of ether oxygens (including phenoxy) is 1. The van der Waals surface area contributed by atoms with Crippen LogP contribution in [0.3, 0.4) is 0 Å². The third kappa shape index (κ3) is 5.84. The molecule has 37 heavy (non-hydrogen) atoms. The van der Waals surface area contributed by atoms with Gasteiger partial charge in [0, 0.05) is 12.3 Å². The number of hydrogen-bond donors (Lipinski definition) is 2. The summed E-state index contributed by atoms with van der Waals surface area (Å²) in [5, 5.41) is 8.83. The highest BCUT2D eigenvalue weighted by molar-refractivity contribution is 5.94. The Morgan fingerprint density at radius 3 is 2.43 bits per heavy atom. The minimum Gasteiger partial charge on any atom is -0.481 e. The molecule has 0 aromatic rings. The Kier molecular flexibility index (Phi) is 9.35. The van der Waals surface area contributed by atoms with Crippen LogP contribution in [0.25, 0.3) is 0 Å². The van der Waals surface area contributed by atoms with Crippen molar-refractivity contribution in [2.24, 2.45) is 46.3 Å². The van der Waals surface area contributed by atoms with Gasteiger partial charge in [-0.3, -0.25) is 14.4 Å². The molecule has 4 rings (SSSR count). The molecule has 0 aromatic carbocycles. The van der Waals surface area contributed by atoms with Gasteiger partial charge in [-0.2, -0.15) is 0 Å². The van der Waals surface area contributed by atoms with Crippen molar-refractivity contribution in [3.63, 3.8) is 0 Å². The SMILES string of the molecule is CC(C)CCC[C@@H](C)[C@H]1CCC2C3C(=O)C=C4CC(OC(=O)CCC(=O)O)CC[C@]4(C)C3CC[C@@]21C.N. The smallest absolute Gasteiger partial charge is 0.306 e. The highest BCUT2D eigenvalue weighted by atomic mass is 16.5. The van der Waals surface area contributed by atoms with Gasteiger partial charge in [-0.1, -0.05) is 59.5 Å². The van der Waals surface area contributed by atoms with E-state index in [4.69, 9.17) is 9.84 Å². The van der Waals surface area contributed by atoms with Crippen molar-refractivity contribution < 1.29 is 24.2 Å². The molecule has 0 amide bonds. The minimum atomic E-state index is -0.988. The van der Waals surface area contributed by atoms with E-state index in [-0.39, 0.29) is 41.8 Å². The largest absolute Gasteiger partial charge is 0.481 e. The monoisotopic (exact) mass is 517 g/mol. The third-order valence-electron chi connectivity index (χ3n) is 10.9. The number of rotatable bonds is 9. The number of carboxylic acid groups (broad SMARTS) is 1. The molecule has 6 heteroatoms. The zero-order valence-corrected chi connectivity index (χ0v) is 23.9. The van der Waals surface area contributed by atoms with Gasteiger partial charge >= 0.3 is 11.9 Å². The normalized spacial score (nSPS) is 37.5. The number of ketones is 1. The van der Waals surface area contributed by atoms with Crippen molar-refractivity contribution in [2.75, 3.05) is 0 Å². The second-order valence-electron chi connectivity index (χ2n) is 13.5. The lowest BCUT2D eigenvalue weighted by molar-refractivity contribution is -0.154. The summed E-state index contributed by atoms with van der Waals surface area (Å²) in [5.74, 6) is 2.12. The van der Waals surface area contributed by atoms with Crippen LogP contribution < -0.4 is 6.15 Å². The third-order valence-corrected chi connectivity index (χ3v) is 10.9. The summed E-state index contributed by atoms with van der Waals surface area (Å²) >= 11 is 0. The number of carbonyl (C=O) groups is 3. The van der Waals surface area contributed by atoms with Crippen molar-refractivity contribution in [3.05, 3.63) is 11.6 Å². The van der Waals surface area contributed by atoms with E-state index in [0.717, 1.165) is 42.6 Å². The van der Waals surface area contributed by atoms with Crippen LogP contribution in [0, 0.1) is 46.3 Å². The fourth-order valence-corrected chi connectivity index (χ4v) is 8.95. The lowest BCUT2D eigenvalue weighted by atomic mass is 9.46. The van der Waals surface area contributed by atoms with Gasteiger partial charge < -0.3 is 16.0 Å². The van der Waals surface area contributed by atoms with E-state index in [0.29, 0.717) is 24.0 Å². The van der Waals surface area contributed by atoms with E-state index >= 15 is 0 Å². The molecule has 3 fully saturated rings. The summed E-state index contributed by atoms with van der Waals surface area (Å²) in [6.45, 7) is 12.0. The quantitative estimate of drug-likeness (QED) is 0.314. The van der Waals surface area contributed by atoms with Gasteiger partial charge in [0.15, 0.2) is 5.78 Å². The molecule has 0 radical (unpaired) electrons. The van der Waals surface area contributed by atoms with Gasteiger partial charge in [-0.25, -0.2) is 0 Å². The fourth-order valence-electron chi connectivity index (χ4n) is 8.95. The van der Waals surface area contributed by atoms with E-state index in [1.807, 2.05) is 6.08 Å². The molecule has 3 saturated carbocycles. The van der Waals surface area contributed by atoms with E-state index in [2.05, 4.69) is 34.6 Å². The first kappa shape index (κ1) is 29.9. The fraction of sp³-hybridized carbons (Fsp3) is 0.839. The predicted molar refractivity (Wildman–Crippen MR) is 145 cm³/mol. The lowest BCUT2D eigenvalue weighted by Gasteiger charge is -2.57. The summed E-state index contributed by atoms with van der Waals surface area (Å²) in [6, 6.07) is 0. The number of hydrogen-bond acceptors (Lipinski definition) is 5. The zero-order valence-electron chi connectivity index (χ0n) is 23.9. The molecule has 0 saturated heterocycles. The van der Waals surface area contributed by atoms with Crippen LogP contribution in [0.5, 0.6) is 0 Å². The molecule has 210 valence electrons. The van der Waals surface area contributed by atoms with Crippen LogP contribution in [-0.2, 0) is 19.1 Å². The van der Waals surface area contributed by atoms with Crippen molar-refractivity contribution in [1.29, 1.82) is 0 Å². The second-order valence-corrected chi connectivity index (χ2v) is 13.5. The molecule has 0 bridgehead atoms. The summed E-state index contributed by atoms with van der Waals surface area (Å²) < 4.78 is 5.63. The highest BCUT2D eigenvalue weighted by Crippen LogP contribution is 2.66. The Bertz CT molecular complexity index is 896. The van der Waals surface area contributed by atoms with E-state index in [1.54, 1.807) is 0 Å². The second kappa shape index (κ2) is 11.6. The molecule has 4 unspecified atom stereocenters. The summed E-state index contributed by atoms with van der Waals surface area (Å²) in [4.78, 5) is 36.6. The van der Waals surface area contributed by atoms with Gasteiger partial charge in [0.1, 0.15) is 6.10 Å². The molecule has 4 N–H and O–H groups in total. The molecule has 0 spiro atoms. The molecule has 8 atom stereocenters. The van der Waals surface area contributed by atoms with Crippen molar-refractivity contribution >= 4 is 17.7 Å². The molecule has 4 aliphatic carbocycles. The summed E-state index contributed by atoms with van der Waals surface area (Å²) in [6.07, 6.45) is 12.5. The van der Waals surface area contributed by atoms with Crippen LogP contribution >= 0.6 is 0 Å². The van der Waals surface area contributed by atoms with Gasteiger partial charge in [0.2, 0.25) is 0 Å². The Balaban J connectivity index is 0.00000380. The summed E-state index contributed by atoms with van der Waals surface area (Å²) in [5.41, 5.74) is 1.44. The topological polar surface area (TPSA) is 116 Å². The van der Waals surface area contributed by atoms with Gasteiger partial charge in [0.25, 0.3) is 0 Å². The van der Waals surface area contributed by atoms with E-state index < -0.39 is 11.9 Å². The standard InChI is InChI=1S/C31H48O5.H3N/c1-19(2)7-6-8-20(3)23-9-10-24-29-25(14-16-31(23,24)5)30(4)15-13-22(17-21(30)18-26(29)32)36-28(35)12-11-27(33)34;/h18-20,22-25,29H,6-17H2,1-5H3,(H,33,34);1H3/t20-,22?,23-,24?,25?,29?,30+,31-;/m1./s1. The van der Waals surface area contributed by atoms with E-state index in [9.17, 15) is 14.4 Å². The van der Waals surface area contributed by atoms with Crippen molar-refractivity contribution in [1.82, 2.24) is 6.15 Å². The Labute approximate surface area is 224 Å². The first-order valence-corrected chi connectivity index (χ1v) is 14.6. The maximum Gasteiger partial charge on any atom is 0.306 e. The molecule has 6 nitrogen and oxygen atoms in total. The zero-order chi connectivity index (χ0) is 26.3. The molecule has 0 aliphatic heterocycles. The Morgan fingerprint density at radius 2 is 1.76 bits per heavy atom. The molecule has 4 aliphatic rings. The predicted octanol–water partition coefficient (Wildman–Crippen LogP) is 7.15. The van der Waals surface area contributed by atoms with Crippen LogP contribution in [-0.4, -0.2) is 28.9 Å². The number of allylic oxidation sites excluding steroid dienone is 1. The van der Waals surface area contributed by atoms with Crippen molar-refractivity contribution in [2.45, 2.75) is 118 Å². The highest BCUT2D eigenvalue weighted by Gasteiger charge is 2.61. The first-order valence-electron chi connectivity index (χ1n) is 14.6. The van der Waals surface area contributed by atoms with Crippen LogP contribution in [0.1, 0.15) is 112 Å². The van der Waals surface area contributed by atoms with Gasteiger partial charge in [0.05, 0.1) is 12.8 Å². The summed E-state index contributed by atoms with van der Waals surface area (Å²) in [7, 11) is 0. The number of fused-ring (bicyclic) bond motifs is 5. The van der Waals surface area contributed by atoms with Crippen LogP contribution in [0.2, 0.25) is 0 Å². The number of carboxylic acids is 1. The average Bonchev–Trinajstić information content (AvgIpc) is 3.15. The minimum absolute atomic E-state index is 0. The first-order chi connectivity index (χ1) is 17.0. The number of esters is 1. The van der Waals surface area contributed by atoms with E-state index in [1.165, 1.54) is 38.5 Å². The molecular weight excluding hydrogens is 466 g/mol. The lowest BCUT2D eigenvalue weighted by Crippen LogP contribution is -2.53. The Hall–Kier alpha value is -1.69. The van der Waals surface area contributed by atoms with Gasteiger partial charge in [-0.15, -0.1) is 0 Å². The molecule has 0 aromatic heterocycles.